The Bertz CT molecular complexity index is 290. The van der Waals surface area contributed by atoms with E-state index in [1.165, 1.54) is 22.7 Å². The highest BCUT2D eigenvalue weighted by Gasteiger charge is 2.26. The van der Waals surface area contributed by atoms with Gasteiger partial charge in [-0.3, -0.25) is 0 Å². The molecular formula is C12H22N2S. The van der Waals surface area contributed by atoms with E-state index in [2.05, 4.69) is 31.1 Å². The van der Waals surface area contributed by atoms with Crippen molar-refractivity contribution in [2.45, 2.75) is 40.0 Å². The third-order valence-corrected chi connectivity index (χ3v) is 4.18. The van der Waals surface area contributed by atoms with Gasteiger partial charge in [0.1, 0.15) is 0 Å². The van der Waals surface area contributed by atoms with Crippen LogP contribution in [-0.4, -0.2) is 18.6 Å². The summed E-state index contributed by atoms with van der Waals surface area (Å²) in [4.78, 5) is 5.75. The first-order valence-corrected chi connectivity index (χ1v) is 6.53. The Morgan fingerprint density at radius 3 is 2.47 bits per heavy atom. The van der Waals surface area contributed by atoms with Crippen LogP contribution >= 0.6 is 11.3 Å². The highest BCUT2D eigenvalue weighted by molar-refractivity contribution is 7.11. The van der Waals surface area contributed by atoms with Gasteiger partial charge in [-0.1, -0.05) is 13.8 Å². The summed E-state index contributed by atoms with van der Waals surface area (Å²) in [6.07, 6.45) is 5.64. The van der Waals surface area contributed by atoms with Gasteiger partial charge in [-0.2, -0.15) is 0 Å². The first-order valence-electron chi connectivity index (χ1n) is 5.71. The van der Waals surface area contributed by atoms with E-state index < -0.39 is 0 Å². The molecule has 1 aromatic rings. The second-order valence-corrected chi connectivity index (χ2v) is 5.58. The Kier molecular flexibility index (Phi) is 4.74. The van der Waals surface area contributed by atoms with Crippen LogP contribution in [0.1, 0.15) is 36.6 Å². The lowest BCUT2D eigenvalue weighted by atomic mass is 9.79. The Morgan fingerprint density at radius 1 is 1.40 bits per heavy atom. The normalized spacial score (nSPS) is 12.0. The van der Waals surface area contributed by atoms with Gasteiger partial charge in [0.2, 0.25) is 0 Å². The maximum Gasteiger partial charge on any atom is 0.0896 e. The van der Waals surface area contributed by atoms with Gasteiger partial charge in [0.25, 0.3) is 0 Å². The summed E-state index contributed by atoms with van der Waals surface area (Å²) >= 11 is 1.83. The molecule has 0 fully saturated rings. The van der Waals surface area contributed by atoms with Crippen molar-refractivity contribution in [2.24, 2.45) is 5.41 Å². The average Bonchev–Trinajstić information content (AvgIpc) is 2.63. The number of hydrogen-bond acceptors (Lipinski definition) is 3. The highest BCUT2D eigenvalue weighted by atomic mass is 32.1. The number of thiazole rings is 1. The molecule has 0 saturated carbocycles. The van der Waals surface area contributed by atoms with Crippen LogP contribution in [-0.2, 0) is 6.42 Å². The van der Waals surface area contributed by atoms with Crippen molar-refractivity contribution in [2.75, 3.05) is 13.6 Å². The van der Waals surface area contributed by atoms with E-state index in [1.807, 2.05) is 24.6 Å². The molecule has 0 aliphatic carbocycles. The minimum Gasteiger partial charge on any atom is -0.319 e. The van der Waals surface area contributed by atoms with E-state index in [1.54, 1.807) is 0 Å². The third kappa shape index (κ3) is 3.28. The number of nitrogens with zero attached hydrogens (tertiary/aromatic N) is 1. The van der Waals surface area contributed by atoms with E-state index in [0.29, 0.717) is 5.41 Å². The second kappa shape index (κ2) is 5.61. The fraction of sp³-hybridized carbons (Fsp3) is 0.750. The van der Waals surface area contributed by atoms with Crippen molar-refractivity contribution in [1.29, 1.82) is 0 Å². The van der Waals surface area contributed by atoms with E-state index in [-0.39, 0.29) is 0 Å². The smallest absolute Gasteiger partial charge is 0.0896 e. The topological polar surface area (TPSA) is 24.9 Å². The van der Waals surface area contributed by atoms with Crippen LogP contribution in [0.15, 0.2) is 6.20 Å². The summed E-state index contributed by atoms with van der Waals surface area (Å²) in [5.41, 5.74) is 0.410. The first-order chi connectivity index (χ1) is 7.15. The molecule has 0 radical (unpaired) electrons. The Balaban J connectivity index is 2.73. The summed E-state index contributed by atoms with van der Waals surface area (Å²) < 4.78 is 0. The average molecular weight is 226 g/mol. The van der Waals surface area contributed by atoms with Crippen molar-refractivity contribution in [1.82, 2.24) is 10.3 Å². The molecule has 0 unspecified atom stereocenters. The molecule has 15 heavy (non-hydrogen) atoms. The molecule has 0 amide bonds. The van der Waals surface area contributed by atoms with Gasteiger partial charge in [-0.25, -0.2) is 4.98 Å². The molecule has 1 aromatic heterocycles. The van der Waals surface area contributed by atoms with Gasteiger partial charge in [0, 0.05) is 17.6 Å². The van der Waals surface area contributed by atoms with Crippen LogP contribution in [0.3, 0.4) is 0 Å². The lowest BCUT2D eigenvalue weighted by Crippen LogP contribution is -2.33. The van der Waals surface area contributed by atoms with E-state index in [0.717, 1.165) is 13.0 Å². The predicted molar refractivity (Wildman–Crippen MR) is 67.5 cm³/mol. The molecule has 1 N–H and O–H groups in total. The molecule has 0 aliphatic rings. The van der Waals surface area contributed by atoms with Crippen LogP contribution in [0, 0.1) is 12.3 Å². The number of aryl methyl sites for hydroxylation is 1. The van der Waals surface area contributed by atoms with Gasteiger partial charge in [-0.15, -0.1) is 11.3 Å². The maximum absolute atomic E-state index is 4.33. The zero-order valence-electron chi connectivity index (χ0n) is 10.3. The predicted octanol–water partition coefficient (Wildman–Crippen LogP) is 3.02. The largest absolute Gasteiger partial charge is 0.319 e. The quantitative estimate of drug-likeness (QED) is 0.806. The molecule has 0 aliphatic heterocycles. The second-order valence-electron chi connectivity index (χ2n) is 4.26. The van der Waals surface area contributed by atoms with Gasteiger partial charge in [-0.05, 0) is 38.6 Å². The third-order valence-electron chi connectivity index (χ3n) is 3.27. The Labute approximate surface area is 97.1 Å². The molecular weight excluding hydrogens is 204 g/mol. The molecule has 0 spiro atoms. The van der Waals surface area contributed by atoms with Gasteiger partial charge >= 0.3 is 0 Å². The number of nitrogens with one attached hydrogen (secondary N) is 1. The van der Waals surface area contributed by atoms with Crippen molar-refractivity contribution >= 4 is 11.3 Å². The molecule has 1 heterocycles. The lowest BCUT2D eigenvalue weighted by molar-refractivity contribution is 0.255. The van der Waals surface area contributed by atoms with Crippen LogP contribution in [0.2, 0.25) is 0 Å². The molecule has 86 valence electrons. The number of aromatic nitrogens is 1. The van der Waals surface area contributed by atoms with Crippen molar-refractivity contribution in [3.05, 3.63) is 16.1 Å². The van der Waals surface area contributed by atoms with Crippen LogP contribution in [0.25, 0.3) is 0 Å². The molecule has 1 rings (SSSR count). The monoisotopic (exact) mass is 226 g/mol. The maximum atomic E-state index is 4.33. The molecule has 0 aromatic carbocycles. The summed E-state index contributed by atoms with van der Waals surface area (Å²) in [5, 5.41) is 4.50. The fourth-order valence-corrected chi connectivity index (χ4v) is 3.01. The van der Waals surface area contributed by atoms with Crippen molar-refractivity contribution in [3.8, 4) is 0 Å². The molecule has 2 nitrogen and oxygen atoms in total. The van der Waals surface area contributed by atoms with Crippen LogP contribution in [0.4, 0.5) is 0 Å². The summed E-state index contributed by atoms with van der Waals surface area (Å²) in [6.45, 7) is 7.74. The SMILES string of the molecule is CCC(CC)(CNC)Cc1cnc(C)s1. The van der Waals surface area contributed by atoms with Crippen LogP contribution < -0.4 is 5.32 Å². The van der Waals surface area contributed by atoms with Crippen molar-refractivity contribution in [3.63, 3.8) is 0 Å². The minimum atomic E-state index is 0.410. The Morgan fingerprint density at radius 2 is 2.07 bits per heavy atom. The van der Waals surface area contributed by atoms with Crippen molar-refractivity contribution < 1.29 is 0 Å². The summed E-state index contributed by atoms with van der Waals surface area (Å²) in [6, 6.07) is 0. The summed E-state index contributed by atoms with van der Waals surface area (Å²) in [5.74, 6) is 0. The fourth-order valence-electron chi connectivity index (χ4n) is 2.04. The van der Waals surface area contributed by atoms with Crippen LogP contribution in [0.5, 0.6) is 0 Å². The zero-order valence-corrected chi connectivity index (χ0v) is 11.1. The molecule has 0 saturated heterocycles. The molecule has 0 bridgehead atoms. The van der Waals surface area contributed by atoms with Gasteiger partial charge < -0.3 is 5.32 Å². The Hall–Kier alpha value is -0.410. The zero-order chi connectivity index (χ0) is 11.3. The standard InChI is InChI=1S/C12H22N2S/c1-5-12(6-2,9-13-4)7-11-8-14-10(3)15-11/h8,13H,5-7,9H2,1-4H3. The number of rotatable bonds is 6. The highest BCUT2D eigenvalue weighted by Crippen LogP contribution is 2.32. The van der Waals surface area contributed by atoms with Gasteiger partial charge in [0.05, 0.1) is 5.01 Å². The molecule has 3 heteroatoms. The van der Waals surface area contributed by atoms with E-state index >= 15 is 0 Å². The lowest BCUT2D eigenvalue weighted by Gasteiger charge is -2.31. The van der Waals surface area contributed by atoms with E-state index in [4.69, 9.17) is 0 Å². The summed E-state index contributed by atoms with van der Waals surface area (Å²) in [7, 11) is 2.04. The van der Waals surface area contributed by atoms with Gasteiger partial charge in [0.15, 0.2) is 0 Å². The minimum absolute atomic E-state index is 0.410. The first kappa shape index (κ1) is 12.7. The molecule has 0 atom stereocenters. The number of hydrogen-bond donors (Lipinski definition) is 1. The van der Waals surface area contributed by atoms with E-state index in [9.17, 15) is 0 Å².